The van der Waals surface area contributed by atoms with Crippen LogP contribution in [0.5, 0.6) is 0 Å². The Hall–Kier alpha value is -1.75. The molecule has 5 nitrogen and oxygen atoms in total. The van der Waals surface area contributed by atoms with E-state index in [1.54, 1.807) is 32.2 Å². The standard InChI is InChI=1S/C11H17N3O2/c1-7(6-15)14(2)11(16)9-4-3-8(12)5-10(9)13/h3-5,7,15H,6,12-13H2,1-2H3. The number of benzene rings is 1. The van der Waals surface area contributed by atoms with Crippen molar-refractivity contribution in [2.45, 2.75) is 13.0 Å². The van der Waals surface area contributed by atoms with Gasteiger partial charge in [0, 0.05) is 18.4 Å². The molecule has 1 unspecified atom stereocenters. The molecule has 0 fully saturated rings. The number of anilines is 2. The first-order valence-corrected chi connectivity index (χ1v) is 5.00. The van der Waals surface area contributed by atoms with Crippen molar-refractivity contribution in [3.05, 3.63) is 23.8 Å². The van der Waals surface area contributed by atoms with Crippen LogP contribution in [0.25, 0.3) is 0 Å². The highest BCUT2D eigenvalue weighted by Gasteiger charge is 2.18. The van der Waals surface area contributed by atoms with Crippen molar-refractivity contribution in [3.63, 3.8) is 0 Å². The molecule has 16 heavy (non-hydrogen) atoms. The van der Waals surface area contributed by atoms with Crippen LogP contribution in [-0.4, -0.2) is 35.6 Å². The number of nitrogen functional groups attached to an aromatic ring is 2. The molecule has 0 bridgehead atoms. The van der Waals surface area contributed by atoms with E-state index in [1.165, 1.54) is 4.90 Å². The lowest BCUT2D eigenvalue weighted by Crippen LogP contribution is -2.37. The lowest BCUT2D eigenvalue weighted by molar-refractivity contribution is 0.0683. The highest BCUT2D eigenvalue weighted by Crippen LogP contribution is 2.17. The number of hydrogen-bond acceptors (Lipinski definition) is 4. The van der Waals surface area contributed by atoms with E-state index in [2.05, 4.69) is 0 Å². The molecule has 88 valence electrons. The summed E-state index contributed by atoms with van der Waals surface area (Å²) in [7, 11) is 1.62. The third kappa shape index (κ3) is 2.43. The van der Waals surface area contributed by atoms with Crippen LogP contribution in [0.15, 0.2) is 18.2 Å². The molecular formula is C11H17N3O2. The van der Waals surface area contributed by atoms with Crippen molar-refractivity contribution in [3.8, 4) is 0 Å². The van der Waals surface area contributed by atoms with Crippen LogP contribution in [0.1, 0.15) is 17.3 Å². The number of nitrogens with two attached hydrogens (primary N) is 2. The lowest BCUT2D eigenvalue weighted by atomic mass is 10.1. The quantitative estimate of drug-likeness (QED) is 0.643. The van der Waals surface area contributed by atoms with Gasteiger partial charge in [0.05, 0.1) is 18.2 Å². The van der Waals surface area contributed by atoms with Crippen LogP contribution in [0.2, 0.25) is 0 Å². The zero-order valence-electron chi connectivity index (χ0n) is 9.47. The minimum absolute atomic E-state index is 0.0862. The van der Waals surface area contributed by atoms with Crippen molar-refractivity contribution in [2.24, 2.45) is 0 Å². The van der Waals surface area contributed by atoms with E-state index in [0.29, 0.717) is 16.9 Å². The van der Waals surface area contributed by atoms with Gasteiger partial charge in [0.15, 0.2) is 0 Å². The summed E-state index contributed by atoms with van der Waals surface area (Å²) < 4.78 is 0. The predicted octanol–water partition coefficient (Wildman–Crippen LogP) is 0.304. The summed E-state index contributed by atoms with van der Waals surface area (Å²) in [6.07, 6.45) is 0. The largest absolute Gasteiger partial charge is 0.399 e. The molecule has 1 rings (SSSR count). The fraction of sp³-hybridized carbons (Fsp3) is 0.364. The SMILES string of the molecule is CC(CO)N(C)C(=O)c1ccc(N)cc1N. The van der Waals surface area contributed by atoms with Crippen molar-refractivity contribution in [1.29, 1.82) is 0 Å². The van der Waals surface area contributed by atoms with Crippen LogP contribution in [0.4, 0.5) is 11.4 Å². The zero-order chi connectivity index (χ0) is 12.3. The summed E-state index contributed by atoms with van der Waals surface area (Å²) in [6.45, 7) is 1.67. The van der Waals surface area contributed by atoms with Crippen LogP contribution < -0.4 is 11.5 Å². The molecule has 1 aromatic rings. The smallest absolute Gasteiger partial charge is 0.256 e. The third-order valence-electron chi connectivity index (χ3n) is 2.55. The number of amides is 1. The molecule has 0 aliphatic heterocycles. The van der Waals surface area contributed by atoms with Gasteiger partial charge in [-0.05, 0) is 25.1 Å². The van der Waals surface area contributed by atoms with Crippen LogP contribution in [0.3, 0.4) is 0 Å². The van der Waals surface area contributed by atoms with E-state index in [0.717, 1.165) is 0 Å². The molecule has 5 heteroatoms. The Kier molecular flexibility index (Phi) is 3.73. The summed E-state index contributed by atoms with van der Waals surface area (Å²) in [6, 6.07) is 4.52. The highest BCUT2D eigenvalue weighted by atomic mass is 16.3. The number of rotatable bonds is 3. The molecule has 0 saturated carbocycles. The minimum atomic E-state index is -0.246. The maximum Gasteiger partial charge on any atom is 0.256 e. The first-order valence-electron chi connectivity index (χ1n) is 5.00. The number of carbonyl (C=O) groups excluding carboxylic acids is 1. The Morgan fingerprint density at radius 2 is 2.12 bits per heavy atom. The molecule has 1 aromatic carbocycles. The number of aliphatic hydroxyl groups excluding tert-OH is 1. The summed E-state index contributed by atoms with van der Waals surface area (Å²) in [5.74, 6) is -0.223. The van der Waals surface area contributed by atoms with Gasteiger partial charge in [0.1, 0.15) is 0 Å². The first-order chi connectivity index (χ1) is 7.47. The maximum atomic E-state index is 12.0. The lowest BCUT2D eigenvalue weighted by Gasteiger charge is -2.23. The van der Waals surface area contributed by atoms with E-state index < -0.39 is 0 Å². The minimum Gasteiger partial charge on any atom is -0.399 e. The summed E-state index contributed by atoms with van der Waals surface area (Å²) in [4.78, 5) is 13.4. The number of likely N-dealkylation sites (N-methyl/N-ethyl adjacent to an activating group) is 1. The summed E-state index contributed by atoms with van der Waals surface area (Å²) >= 11 is 0. The van der Waals surface area contributed by atoms with Gasteiger partial charge in [0.25, 0.3) is 5.91 Å². The highest BCUT2D eigenvalue weighted by molar-refractivity contribution is 5.99. The van der Waals surface area contributed by atoms with E-state index in [9.17, 15) is 4.79 Å². The Morgan fingerprint density at radius 1 is 1.50 bits per heavy atom. The van der Waals surface area contributed by atoms with Gasteiger partial charge in [-0.15, -0.1) is 0 Å². The second-order valence-electron chi connectivity index (χ2n) is 3.79. The van der Waals surface area contributed by atoms with Gasteiger partial charge < -0.3 is 21.5 Å². The van der Waals surface area contributed by atoms with Gasteiger partial charge >= 0.3 is 0 Å². The van der Waals surface area contributed by atoms with Gasteiger partial charge in [-0.1, -0.05) is 0 Å². The molecule has 1 amide bonds. The molecule has 0 heterocycles. The van der Waals surface area contributed by atoms with Crippen LogP contribution >= 0.6 is 0 Å². The molecule has 0 spiro atoms. The Labute approximate surface area is 94.7 Å². The van der Waals surface area contributed by atoms with E-state index in [-0.39, 0.29) is 18.6 Å². The Bertz CT molecular complexity index is 393. The van der Waals surface area contributed by atoms with Gasteiger partial charge in [-0.2, -0.15) is 0 Å². The fourth-order valence-electron chi connectivity index (χ4n) is 1.29. The topological polar surface area (TPSA) is 92.6 Å². The molecular weight excluding hydrogens is 206 g/mol. The maximum absolute atomic E-state index is 12.0. The predicted molar refractivity (Wildman–Crippen MR) is 63.9 cm³/mol. The van der Waals surface area contributed by atoms with E-state index in [4.69, 9.17) is 16.6 Å². The van der Waals surface area contributed by atoms with Crippen molar-refractivity contribution in [1.82, 2.24) is 4.90 Å². The third-order valence-corrected chi connectivity index (χ3v) is 2.55. The van der Waals surface area contributed by atoms with Crippen molar-refractivity contribution >= 4 is 17.3 Å². The fourth-order valence-corrected chi connectivity index (χ4v) is 1.29. The molecule has 1 atom stereocenters. The Balaban J connectivity index is 2.96. The molecule has 0 aliphatic rings. The average molecular weight is 223 g/mol. The van der Waals surface area contributed by atoms with Crippen molar-refractivity contribution < 1.29 is 9.90 Å². The second kappa shape index (κ2) is 4.85. The van der Waals surface area contributed by atoms with Gasteiger partial charge in [-0.3, -0.25) is 4.79 Å². The van der Waals surface area contributed by atoms with E-state index >= 15 is 0 Å². The summed E-state index contributed by atoms with van der Waals surface area (Å²) in [5, 5.41) is 8.97. The molecule has 0 saturated heterocycles. The molecule has 5 N–H and O–H groups in total. The van der Waals surface area contributed by atoms with Crippen molar-refractivity contribution in [2.75, 3.05) is 25.1 Å². The average Bonchev–Trinajstić information content (AvgIpc) is 2.26. The number of carbonyl (C=O) groups is 1. The molecule has 0 aromatic heterocycles. The Morgan fingerprint density at radius 3 is 2.62 bits per heavy atom. The number of aliphatic hydroxyl groups is 1. The number of nitrogens with zero attached hydrogens (tertiary/aromatic N) is 1. The van der Waals surface area contributed by atoms with Crippen LogP contribution in [0, 0.1) is 0 Å². The first kappa shape index (κ1) is 12.3. The molecule has 0 aliphatic carbocycles. The van der Waals surface area contributed by atoms with Gasteiger partial charge in [-0.25, -0.2) is 0 Å². The molecule has 0 radical (unpaired) electrons. The van der Waals surface area contributed by atoms with Gasteiger partial charge in [0.2, 0.25) is 0 Å². The normalized spacial score (nSPS) is 12.2. The van der Waals surface area contributed by atoms with Crippen LogP contribution in [-0.2, 0) is 0 Å². The zero-order valence-corrected chi connectivity index (χ0v) is 9.47. The second-order valence-corrected chi connectivity index (χ2v) is 3.79. The van der Waals surface area contributed by atoms with E-state index in [1.807, 2.05) is 0 Å². The monoisotopic (exact) mass is 223 g/mol. The summed E-state index contributed by atoms with van der Waals surface area (Å²) in [5.41, 5.74) is 12.5. The number of hydrogen-bond donors (Lipinski definition) is 3.